The zero-order valence-corrected chi connectivity index (χ0v) is 19.6. The molecule has 4 rings (SSSR count). The van der Waals surface area contributed by atoms with Crippen LogP contribution in [0.4, 0.5) is 16.3 Å². The smallest absolute Gasteiger partial charge is 0.319 e. The highest BCUT2D eigenvalue weighted by atomic mass is 16.5. The van der Waals surface area contributed by atoms with Crippen molar-refractivity contribution in [1.82, 2.24) is 15.3 Å². The Bertz CT molecular complexity index is 984. The minimum Gasteiger partial charge on any atom is -0.396 e. The number of carbonyl (C=O) groups is 1. The number of aliphatic hydroxyl groups excluding tert-OH is 1. The summed E-state index contributed by atoms with van der Waals surface area (Å²) in [4.78, 5) is 24.0. The lowest BCUT2D eigenvalue weighted by Crippen LogP contribution is -2.44. The quantitative estimate of drug-likeness (QED) is 0.589. The van der Waals surface area contributed by atoms with Crippen molar-refractivity contribution in [1.29, 1.82) is 0 Å². The molecule has 2 amide bonds. The van der Waals surface area contributed by atoms with E-state index >= 15 is 0 Å². The minimum absolute atomic E-state index is 0.111. The fourth-order valence-corrected chi connectivity index (χ4v) is 4.40. The number of nitrogens with zero attached hydrogens (tertiary/aromatic N) is 3. The first-order valence-electron chi connectivity index (χ1n) is 11.6. The summed E-state index contributed by atoms with van der Waals surface area (Å²) in [5, 5.41) is 14.9. The van der Waals surface area contributed by atoms with Crippen LogP contribution in [0.3, 0.4) is 0 Å². The number of amides is 2. The topological polar surface area (TPSA) is 109 Å². The van der Waals surface area contributed by atoms with Crippen LogP contribution in [0, 0.1) is 0 Å². The predicted molar refractivity (Wildman–Crippen MR) is 126 cm³/mol. The summed E-state index contributed by atoms with van der Waals surface area (Å²) in [5.74, 6) is 1.51. The van der Waals surface area contributed by atoms with Crippen molar-refractivity contribution in [3.63, 3.8) is 0 Å². The van der Waals surface area contributed by atoms with Gasteiger partial charge in [0.1, 0.15) is 11.4 Å². The molecule has 1 saturated heterocycles. The molecule has 3 N–H and O–H groups in total. The first kappa shape index (κ1) is 23.4. The number of carbonyl (C=O) groups excluding carboxylic acids is 1. The van der Waals surface area contributed by atoms with Crippen molar-refractivity contribution in [3.05, 3.63) is 35.5 Å². The first-order valence-corrected chi connectivity index (χ1v) is 11.6. The Hall–Kier alpha value is -2.75. The van der Waals surface area contributed by atoms with E-state index in [2.05, 4.69) is 22.5 Å². The number of aromatic nitrogens is 2. The van der Waals surface area contributed by atoms with E-state index in [9.17, 15) is 9.90 Å². The molecule has 2 aliphatic rings. The van der Waals surface area contributed by atoms with Crippen molar-refractivity contribution >= 4 is 17.5 Å². The number of hydrogen-bond donors (Lipinski definition) is 3. The zero-order chi connectivity index (χ0) is 23.4. The molecule has 178 valence electrons. The summed E-state index contributed by atoms with van der Waals surface area (Å²) in [6.07, 6.45) is 1.32. The molecule has 2 aliphatic heterocycles. The highest BCUT2D eigenvalue weighted by molar-refractivity contribution is 5.89. The molecule has 9 nitrogen and oxygen atoms in total. The maximum Gasteiger partial charge on any atom is 0.319 e. The van der Waals surface area contributed by atoms with Gasteiger partial charge in [-0.05, 0) is 57.9 Å². The van der Waals surface area contributed by atoms with Crippen molar-refractivity contribution in [2.45, 2.75) is 51.9 Å². The molecule has 0 saturated carbocycles. The van der Waals surface area contributed by atoms with E-state index in [1.807, 2.05) is 38.1 Å². The van der Waals surface area contributed by atoms with Crippen molar-refractivity contribution in [2.24, 2.45) is 0 Å². The molecule has 1 aromatic carbocycles. The molecule has 1 aromatic heterocycles. The van der Waals surface area contributed by atoms with E-state index in [0.717, 1.165) is 29.2 Å². The Balaban J connectivity index is 1.72. The van der Waals surface area contributed by atoms with Gasteiger partial charge in [-0.2, -0.15) is 0 Å². The summed E-state index contributed by atoms with van der Waals surface area (Å²) >= 11 is 0. The number of fused-ring (bicyclic) bond motifs is 1. The maximum atomic E-state index is 11.8. The number of ether oxygens (including phenoxy) is 2. The third kappa shape index (κ3) is 4.95. The second kappa shape index (κ2) is 10.0. The number of nitrogens with one attached hydrogen (secondary N) is 2. The van der Waals surface area contributed by atoms with Crippen LogP contribution in [-0.2, 0) is 21.7 Å². The van der Waals surface area contributed by atoms with E-state index in [-0.39, 0.29) is 18.7 Å². The summed E-state index contributed by atoms with van der Waals surface area (Å²) in [5.41, 5.74) is 2.89. The Morgan fingerprint density at radius 2 is 2.09 bits per heavy atom. The zero-order valence-electron chi connectivity index (χ0n) is 19.6. The summed E-state index contributed by atoms with van der Waals surface area (Å²) < 4.78 is 11.9. The molecule has 0 spiro atoms. The highest BCUT2D eigenvalue weighted by Crippen LogP contribution is 2.43. The van der Waals surface area contributed by atoms with Crippen molar-refractivity contribution in [2.75, 3.05) is 43.1 Å². The van der Waals surface area contributed by atoms with E-state index < -0.39 is 5.60 Å². The molecule has 33 heavy (non-hydrogen) atoms. The van der Waals surface area contributed by atoms with Crippen LogP contribution >= 0.6 is 0 Å². The van der Waals surface area contributed by atoms with Crippen molar-refractivity contribution in [3.8, 4) is 11.4 Å². The number of hydrogen-bond acceptors (Lipinski definition) is 7. The van der Waals surface area contributed by atoms with Crippen LogP contribution in [0.5, 0.6) is 0 Å². The Labute approximate surface area is 194 Å². The molecule has 0 radical (unpaired) electrons. The van der Waals surface area contributed by atoms with E-state index in [0.29, 0.717) is 50.7 Å². The lowest BCUT2D eigenvalue weighted by Gasteiger charge is -2.35. The van der Waals surface area contributed by atoms with Gasteiger partial charge in [0, 0.05) is 36.5 Å². The molecular formula is C24H33N5O4. The van der Waals surface area contributed by atoms with Crippen LogP contribution in [0.1, 0.15) is 44.9 Å². The number of anilines is 2. The van der Waals surface area contributed by atoms with Gasteiger partial charge in [-0.1, -0.05) is 0 Å². The Morgan fingerprint density at radius 1 is 1.30 bits per heavy atom. The third-order valence-electron chi connectivity index (χ3n) is 6.21. The number of urea groups is 1. The fraction of sp³-hybridized carbons (Fsp3) is 0.542. The van der Waals surface area contributed by atoms with Gasteiger partial charge in [-0.3, -0.25) is 0 Å². The molecule has 2 atom stereocenters. The van der Waals surface area contributed by atoms with Crippen molar-refractivity contribution < 1.29 is 19.4 Å². The molecule has 2 aromatic rings. The molecule has 0 bridgehead atoms. The van der Waals surface area contributed by atoms with Gasteiger partial charge in [0.2, 0.25) is 0 Å². The van der Waals surface area contributed by atoms with Gasteiger partial charge in [-0.25, -0.2) is 14.8 Å². The minimum atomic E-state index is -0.570. The number of rotatable bonds is 7. The van der Waals surface area contributed by atoms with Gasteiger partial charge < -0.3 is 30.1 Å². The molecule has 0 aliphatic carbocycles. The van der Waals surface area contributed by atoms with Gasteiger partial charge >= 0.3 is 6.03 Å². The molecule has 9 heteroatoms. The van der Waals surface area contributed by atoms with Crippen LogP contribution in [0.15, 0.2) is 24.3 Å². The summed E-state index contributed by atoms with van der Waals surface area (Å²) in [6.45, 7) is 9.23. The average molecular weight is 456 g/mol. The summed E-state index contributed by atoms with van der Waals surface area (Å²) in [6, 6.07) is 7.48. The Morgan fingerprint density at radius 3 is 2.79 bits per heavy atom. The number of benzene rings is 1. The average Bonchev–Trinajstić information content (AvgIpc) is 3.15. The van der Waals surface area contributed by atoms with Gasteiger partial charge in [0.25, 0.3) is 0 Å². The molecule has 3 heterocycles. The van der Waals surface area contributed by atoms with E-state index in [1.165, 1.54) is 0 Å². The SMILES string of the molecule is CCNC(=O)Nc1ccc(-c2nc(N3CCOC[C@@H]3C)c3c(n2)[C@](C)(CCCO)OC3)cc1. The van der Waals surface area contributed by atoms with Gasteiger partial charge in [0.15, 0.2) is 5.82 Å². The third-order valence-corrected chi connectivity index (χ3v) is 6.21. The first-order chi connectivity index (χ1) is 15.9. The normalized spacial score (nSPS) is 22.2. The standard InChI is InChI=1S/C24H33N5O4/c1-4-25-23(31)26-18-8-6-17(7-9-18)21-27-20-19(15-33-24(20,3)10-5-12-30)22(28-21)29-11-13-32-14-16(29)2/h6-9,16,30H,4-5,10-15H2,1-3H3,(H2,25,26,31)/t16-,24-/m0/s1. The number of aliphatic hydroxyl groups is 1. The lowest BCUT2D eigenvalue weighted by atomic mass is 9.94. The Kier molecular flexibility index (Phi) is 7.11. The summed E-state index contributed by atoms with van der Waals surface area (Å²) in [7, 11) is 0. The van der Waals surface area contributed by atoms with Crippen LogP contribution < -0.4 is 15.5 Å². The molecule has 1 fully saturated rings. The lowest BCUT2D eigenvalue weighted by molar-refractivity contribution is -0.0353. The van der Waals surface area contributed by atoms with E-state index in [1.54, 1.807) is 0 Å². The van der Waals surface area contributed by atoms with Crippen LogP contribution in [-0.4, -0.2) is 60.1 Å². The van der Waals surface area contributed by atoms with E-state index in [4.69, 9.17) is 19.4 Å². The second-order valence-corrected chi connectivity index (χ2v) is 8.72. The predicted octanol–water partition coefficient (Wildman–Crippen LogP) is 3.03. The monoisotopic (exact) mass is 455 g/mol. The van der Waals surface area contributed by atoms with Crippen LogP contribution in [0.25, 0.3) is 11.4 Å². The highest BCUT2D eigenvalue weighted by Gasteiger charge is 2.40. The second-order valence-electron chi connectivity index (χ2n) is 8.72. The van der Waals surface area contributed by atoms with Gasteiger partial charge in [0.05, 0.1) is 31.6 Å². The molecular weight excluding hydrogens is 422 g/mol. The van der Waals surface area contributed by atoms with Crippen LogP contribution in [0.2, 0.25) is 0 Å². The fourth-order valence-electron chi connectivity index (χ4n) is 4.40. The van der Waals surface area contributed by atoms with Gasteiger partial charge in [-0.15, -0.1) is 0 Å². The largest absolute Gasteiger partial charge is 0.396 e. The number of morpholine rings is 1. The molecule has 0 unspecified atom stereocenters. The maximum absolute atomic E-state index is 11.8.